The first kappa shape index (κ1) is 15.7. The van der Waals surface area contributed by atoms with Crippen LogP contribution in [0.25, 0.3) is 0 Å². The van der Waals surface area contributed by atoms with E-state index < -0.39 is 5.60 Å². The molecule has 19 heavy (non-hydrogen) atoms. The lowest BCUT2D eigenvalue weighted by Gasteiger charge is -2.25. The molecule has 1 aromatic carbocycles. The van der Waals surface area contributed by atoms with Crippen molar-refractivity contribution in [3.05, 3.63) is 34.9 Å². The van der Waals surface area contributed by atoms with Gasteiger partial charge in [-0.25, -0.2) is 0 Å². The lowest BCUT2D eigenvalue weighted by molar-refractivity contribution is 0.0368. The van der Waals surface area contributed by atoms with Crippen molar-refractivity contribution in [3.8, 4) is 0 Å². The molecule has 106 valence electrons. The van der Waals surface area contributed by atoms with E-state index in [0.717, 1.165) is 11.1 Å². The highest BCUT2D eigenvalue weighted by Crippen LogP contribution is 2.16. The summed E-state index contributed by atoms with van der Waals surface area (Å²) in [6, 6.07) is 5.79. The van der Waals surface area contributed by atoms with E-state index in [9.17, 15) is 9.90 Å². The zero-order valence-corrected chi connectivity index (χ0v) is 12.6. The first-order valence-corrected chi connectivity index (χ1v) is 6.80. The second-order valence-corrected chi connectivity index (χ2v) is 6.04. The molecule has 0 aromatic heterocycles. The van der Waals surface area contributed by atoms with Crippen LogP contribution >= 0.6 is 0 Å². The molecule has 0 bridgehead atoms. The Morgan fingerprint density at radius 2 is 1.84 bits per heavy atom. The molecule has 1 amide bonds. The highest BCUT2D eigenvalue weighted by molar-refractivity contribution is 5.97. The first-order valence-electron chi connectivity index (χ1n) is 6.80. The van der Waals surface area contributed by atoms with Gasteiger partial charge in [-0.15, -0.1) is 0 Å². The molecular weight excluding hydrogens is 238 g/mol. The zero-order chi connectivity index (χ0) is 14.6. The van der Waals surface area contributed by atoms with Crippen molar-refractivity contribution in [1.29, 1.82) is 0 Å². The highest BCUT2D eigenvalue weighted by Gasteiger charge is 2.23. The van der Waals surface area contributed by atoms with E-state index in [2.05, 4.69) is 19.2 Å². The molecule has 0 spiro atoms. The van der Waals surface area contributed by atoms with E-state index in [1.54, 1.807) is 6.92 Å². The molecule has 1 unspecified atom stereocenters. The number of nitrogens with one attached hydrogen (secondary N) is 1. The Labute approximate surface area is 116 Å². The van der Waals surface area contributed by atoms with Gasteiger partial charge >= 0.3 is 0 Å². The summed E-state index contributed by atoms with van der Waals surface area (Å²) in [5.41, 5.74) is 1.77. The summed E-state index contributed by atoms with van der Waals surface area (Å²) in [4.78, 5) is 12.2. The second-order valence-electron chi connectivity index (χ2n) is 6.04. The average molecular weight is 263 g/mol. The quantitative estimate of drug-likeness (QED) is 0.858. The summed E-state index contributed by atoms with van der Waals surface area (Å²) < 4.78 is 0. The van der Waals surface area contributed by atoms with Crippen LogP contribution in [0, 0.1) is 19.8 Å². The molecule has 0 radical (unpaired) electrons. The SMILES string of the molecule is Cc1cccc(C)c1C(=O)NCC(C)(O)CC(C)C. The van der Waals surface area contributed by atoms with Crippen molar-refractivity contribution in [2.24, 2.45) is 5.92 Å². The van der Waals surface area contributed by atoms with Crippen LogP contribution in [-0.4, -0.2) is 23.2 Å². The molecule has 2 N–H and O–H groups in total. The van der Waals surface area contributed by atoms with E-state index >= 15 is 0 Å². The van der Waals surface area contributed by atoms with Gasteiger partial charge in [0.1, 0.15) is 0 Å². The predicted octanol–water partition coefficient (Wildman–Crippen LogP) is 2.83. The normalized spacial score (nSPS) is 14.3. The fourth-order valence-electron chi connectivity index (χ4n) is 2.48. The Bertz CT molecular complexity index is 430. The van der Waals surface area contributed by atoms with Crippen molar-refractivity contribution in [1.82, 2.24) is 5.32 Å². The van der Waals surface area contributed by atoms with Crippen LogP contribution in [0.15, 0.2) is 18.2 Å². The Balaban J connectivity index is 2.71. The summed E-state index contributed by atoms with van der Waals surface area (Å²) in [5, 5.41) is 13.0. The largest absolute Gasteiger partial charge is 0.388 e. The Kier molecular flexibility index (Phi) is 5.12. The molecule has 0 aliphatic carbocycles. The number of amides is 1. The van der Waals surface area contributed by atoms with Gasteiger partial charge in [0.15, 0.2) is 0 Å². The van der Waals surface area contributed by atoms with Gasteiger partial charge in [0.2, 0.25) is 0 Å². The zero-order valence-electron chi connectivity index (χ0n) is 12.6. The van der Waals surface area contributed by atoms with E-state index in [1.807, 2.05) is 32.0 Å². The number of carbonyl (C=O) groups excluding carboxylic acids is 1. The van der Waals surface area contributed by atoms with Crippen molar-refractivity contribution < 1.29 is 9.90 Å². The first-order chi connectivity index (χ1) is 8.73. The van der Waals surface area contributed by atoms with Gasteiger partial charge in [-0.2, -0.15) is 0 Å². The van der Waals surface area contributed by atoms with E-state index in [4.69, 9.17) is 0 Å². The smallest absolute Gasteiger partial charge is 0.251 e. The third kappa shape index (κ3) is 4.67. The Morgan fingerprint density at radius 1 is 1.32 bits per heavy atom. The van der Waals surface area contributed by atoms with E-state index in [1.165, 1.54) is 0 Å². The predicted molar refractivity (Wildman–Crippen MR) is 78.3 cm³/mol. The van der Waals surface area contributed by atoms with Gasteiger partial charge in [-0.05, 0) is 44.2 Å². The minimum Gasteiger partial charge on any atom is -0.388 e. The summed E-state index contributed by atoms with van der Waals surface area (Å²) in [5.74, 6) is 0.284. The van der Waals surface area contributed by atoms with Gasteiger partial charge in [0.25, 0.3) is 5.91 Å². The summed E-state index contributed by atoms with van der Waals surface area (Å²) in [6.07, 6.45) is 0.667. The third-order valence-electron chi connectivity index (χ3n) is 3.19. The topological polar surface area (TPSA) is 49.3 Å². The fourth-order valence-corrected chi connectivity index (χ4v) is 2.48. The number of rotatable bonds is 5. The number of benzene rings is 1. The van der Waals surface area contributed by atoms with Gasteiger partial charge in [0, 0.05) is 12.1 Å². The van der Waals surface area contributed by atoms with Crippen LogP contribution < -0.4 is 5.32 Å². The molecule has 0 aliphatic rings. The third-order valence-corrected chi connectivity index (χ3v) is 3.19. The maximum atomic E-state index is 12.2. The molecule has 1 rings (SSSR count). The standard InChI is InChI=1S/C16H25NO2/c1-11(2)9-16(5,19)10-17-15(18)14-12(3)7-6-8-13(14)4/h6-8,11,19H,9-10H2,1-5H3,(H,17,18). The monoisotopic (exact) mass is 263 g/mol. The molecule has 0 fully saturated rings. The van der Waals surface area contributed by atoms with Crippen LogP contribution in [0.5, 0.6) is 0 Å². The van der Waals surface area contributed by atoms with Crippen LogP contribution in [0.1, 0.15) is 48.7 Å². The summed E-state index contributed by atoms with van der Waals surface area (Å²) in [6.45, 7) is 10.0. The minimum atomic E-state index is -0.861. The summed E-state index contributed by atoms with van der Waals surface area (Å²) >= 11 is 0. The number of aryl methyl sites for hydroxylation is 2. The second kappa shape index (κ2) is 6.20. The fraction of sp³-hybridized carbons (Fsp3) is 0.562. The van der Waals surface area contributed by atoms with Crippen LogP contribution in [0.4, 0.5) is 0 Å². The van der Waals surface area contributed by atoms with Gasteiger partial charge in [0.05, 0.1) is 5.60 Å². The molecule has 1 atom stereocenters. The Morgan fingerprint density at radius 3 is 2.32 bits per heavy atom. The summed E-state index contributed by atoms with van der Waals surface area (Å²) in [7, 11) is 0. The average Bonchev–Trinajstić information content (AvgIpc) is 2.24. The highest BCUT2D eigenvalue weighted by atomic mass is 16.3. The number of hydrogen-bond acceptors (Lipinski definition) is 2. The number of carbonyl (C=O) groups is 1. The van der Waals surface area contributed by atoms with Crippen LogP contribution in [0.3, 0.4) is 0 Å². The molecule has 3 heteroatoms. The lowest BCUT2D eigenvalue weighted by atomic mass is 9.94. The molecule has 0 saturated carbocycles. The van der Waals surface area contributed by atoms with Crippen molar-refractivity contribution >= 4 is 5.91 Å². The maximum Gasteiger partial charge on any atom is 0.251 e. The molecule has 0 heterocycles. The van der Waals surface area contributed by atoms with Gasteiger partial charge in [-0.1, -0.05) is 32.0 Å². The van der Waals surface area contributed by atoms with E-state index in [0.29, 0.717) is 17.9 Å². The molecule has 3 nitrogen and oxygen atoms in total. The molecule has 0 aliphatic heterocycles. The lowest BCUT2D eigenvalue weighted by Crippen LogP contribution is -2.41. The van der Waals surface area contributed by atoms with Crippen molar-refractivity contribution in [2.45, 2.75) is 46.6 Å². The Hall–Kier alpha value is -1.35. The number of hydrogen-bond donors (Lipinski definition) is 2. The van der Waals surface area contributed by atoms with Crippen LogP contribution in [0.2, 0.25) is 0 Å². The molecular formula is C16H25NO2. The van der Waals surface area contributed by atoms with Gasteiger partial charge < -0.3 is 10.4 Å². The number of aliphatic hydroxyl groups is 1. The van der Waals surface area contributed by atoms with Crippen molar-refractivity contribution in [3.63, 3.8) is 0 Å². The van der Waals surface area contributed by atoms with Crippen molar-refractivity contribution in [2.75, 3.05) is 6.54 Å². The minimum absolute atomic E-state index is 0.111. The molecule has 1 aromatic rings. The maximum absolute atomic E-state index is 12.2. The van der Waals surface area contributed by atoms with E-state index in [-0.39, 0.29) is 12.5 Å². The van der Waals surface area contributed by atoms with Gasteiger partial charge in [-0.3, -0.25) is 4.79 Å². The van der Waals surface area contributed by atoms with Crippen LogP contribution in [-0.2, 0) is 0 Å². The molecule has 0 saturated heterocycles.